The van der Waals surface area contributed by atoms with Crippen LogP contribution in [0.4, 0.5) is 0 Å². The number of carbonyl (C=O) groups excluding carboxylic acids is 2. The number of morpholine rings is 1. The third kappa shape index (κ3) is 4.13. The van der Waals surface area contributed by atoms with Gasteiger partial charge >= 0.3 is 0 Å². The van der Waals surface area contributed by atoms with E-state index < -0.39 is 0 Å². The smallest absolute Gasteiger partial charge is 0.252 e. The Morgan fingerprint density at radius 1 is 1.50 bits per heavy atom. The molecular weight excluding hydrogens is 214 g/mol. The third-order valence-corrected chi connectivity index (χ3v) is 2.28. The molecule has 1 unspecified atom stereocenters. The zero-order chi connectivity index (χ0) is 12.0. The maximum absolute atomic E-state index is 11.4. The standard InChI is InChI=1S/C9H17N3O4/c1-7(14)10-11-9(15)4-12-2-3-16-6-8(12)5-13/h8,13H,2-6H2,1H3,(H,10,14)(H,11,15). The molecule has 0 aliphatic carbocycles. The van der Waals surface area contributed by atoms with Gasteiger partial charge < -0.3 is 9.84 Å². The topological polar surface area (TPSA) is 90.9 Å². The van der Waals surface area contributed by atoms with Crippen LogP contribution >= 0.6 is 0 Å². The third-order valence-electron chi connectivity index (χ3n) is 2.28. The summed E-state index contributed by atoms with van der Waals surface area (Å²) in [6.07, 6.45) is 0. The van der Waals surface area contributed by atoms with Crippen molar-refractivity contribution in [3.05, 3.63) is 0 Å². The lowest BCUT2D eigenvalue weighted by Gasteiger charge is -2.33. The SMILES string of the molecule is CC(=O)NNC(=O)CN1CCOCC1CO. The first kappa shape index (κ1) is 12.9. The van der Waals surface area contributed by atoms with E-state index in [9.17, 15) is 9.59 Å². The summed E-state index contributed by atoms with van der Waals surface area (Å²) in [5.41, 5.74) is 4.48. The molecule has 0 aromatic heterocycles. The van der Waals surface area contributed by atoms with Crippen LogP contribution in [-0.4, -0.2) is 60.8 Å². The second kappa shape index (κ2) is 6.41. The van der Waals surface area contributed by atoms with Gasteiger partial charge in [-0.25, -0.2) is 0 Å². The summed E-state index contributed by atoms with van der Waals surface area (Å²) in [5.74, 6) is -0.635. The molecule has 1 aliphatic rings. The predicted molar refractivity (Wildman–Crippen MR) is 55.2 cm³/mol. The molecule has 0 aromatic rings. The van der Waals surface area contributed by atoms with E-state index in [1.807, 2.05) is 4.90 Å². The van der Waals surface area contributed by atoms with Crippen LogP contribution in [0.3, 0.4) is 0 Å². The quantitative estimate of drug-likeness (QED) is 0.482. The van der Waals surface area contributed by atoms with Gasteiger partial charge in [-0.05, 0) is 0 Å². The van der Waals surface area contributed by atoms with E-state index in [-0.39, 0.29) is 31.0 Å². The van der Waals surface area contributed by atoms with E-state index in [4.69, 9.17) is 9.84 Å². The molecule has 7 nitrogen and oxygen atoms in total. The van der Waals surface area contributed by atoms with Crippen LogP contribution in [-0.2, 0) is 14.3 Å². The Balaban J connectivity index is 2.33. The lowest BCUT2D eigenvalue weighted by molar-refractivity contribution is -0.130. The van der Waals surface area contributed by atoms with Crippen molar-refractivity contribution in [1.29, 1.82) is 0 Å². The number of hydrogen-bond donors (Lipinski definition) is 3. The predicted octanol–water partition coefficient (Wildman–Crippen LogP) is -2.15. The van der Waals surface area contributed by atoms with Crippen LogP contribution in [0.15, 0.2) is 0 Å². The average Bonchev–Trinajstić information content (AvgIpc) is 2.27. The molecule has 1 fully saturated rings. The fourth-order valence-corrected chi connectivity index (χ4v) is 1.45. The van der Waals surface area contributed by atoms with Crippen molar-refractivity contribution in [2.45, 2.75) is 13.0 Å². The van der Waals surface area contributed by atoms with E-state index >= 15 is 0 Å². The molecule has 0 spiro atoms. The van der Waals surface area contributed by atoms with Gasteiger partial charge in [-0.15, -0.1) is 0 Å². The van der Waals surface area contributed by atoms with E-state index in [1.165, 1.54) is 6.92 Å². The van der Waals surface area contributed by atoms with Crippen molar-refractivity contribution in [1.82, 2.24) is 15.8 Å². The molecule has 1 rings (SSSR count). The monoisotopic (exact) mass is 231 g/mol. The molecule has 16 heavy (non-hydrogen) atoms. The number of aliphatic hydroxyl groups excluding tert-OH is 1. The zero-order valence-corrected chi connectivity index (χ0v) is 9.23. The van der Waals surface area contributed by atoms with E-state index in [2.05, 4.69) is 10.9 Å². The molecule has 0 aromatic carbocycles. The molecule has 7 heteroatoms. The minimum Gasteiger partial charge on any atom is -0.395 e. The van der Waals surface area contributed by atoms with Crippen LogP contribution in [0.2, 0.25) is 0 Å². The minimum absolute atomic E-state index is 0.0482. The van der Waals surface area contributed by atoms with Crippen molar-refractivity contribution in [2.75, 3.05) is 32.9 Å². The fraction of sp³-hybridized carbons (Fsp3) is 0.778. The highest BCUT2D eigenvalue weighted by atomic mass is 16.5. The number of hydrazine groups is 1. The van der Waals surface area contributed by atoms with Gasteiger partial charge in [0.05, 0.1) is 32.4 Å². The van der Waals surface area contributed by atoms with Crippen molar-refractivity contribution >= 4 is 11.8 Å². The highest BCUT2D eigenvalue weighted by Crippen LogP contribution is 2.05. The van der Waals surface area contributed by atoms with Crippen molar-refractivity contribution in [3.8, 4) is 0 Å². The zero-order valence-electron chi connectivity index (χ0n) is 9.23. The Morgan fingerprint density at radius 3 is 2.88 bits per heavy atom. The van der Waals surface area contributed by atoms with Crippen molar-refractivity contribution in [2.24, 2.45) is 0 Å². The molecule has 1 aliphatic heterocycles. The normalized spacial score (nSPS) is 21.5. The van der Waals surface area contributed by atoms with Gasteiger partial charge in [0.15, 0.2) is 0 Å². The second-order valence-corrected chi connectivity index (χ2v) is 3.61. The summed E-state index contributed by atoms with van der Waals surface area (Å²) >= 11 is 0. The maximum atomic E-state index is 11.4. The number of amides is 2. The lowest BCUT2D eigenvalue weighted by atomic mass is 10.2. The molecule has 1 heterocycles. The first-order valence-corrected chi connectivity index (χ1v) is 5.11. The molecule has 1 atom stereocenters. The maximum Gasteiger partial charge on any atom is 0.252 e. The van der Waals surface area contributed by atoms with Crippen LogP contribution in [0.5, 0.6) is 0 Å². The van der Waals surface area contributed by atoms with Crippen molar-refractivity contribution in [3.63, 3.8) is 0 Å². The highest BCUT2D eigenvalue weighted by molar-refractivity contribution is 5.81. The first-order valence-electron chi connectivity index (χ1n) is 5.11. The Bertz CT molecular complexity index is 259. The molecule has 0 radical (unpaired) electrons. The molecule has 3 N–H and O–H groups in total. The van der Waals surface area contributed by atoms with E-state index in [1.54, 1.807) is 0 Å². The Kier molecular flexibility index (Phi) is 5.17. The number of nitrogens with one attached hydrogen (secondary N) is 2. The summed E-state index contributed by atoms with van der Waals surface area (Å²) < 4.78 is 5.18. The van der Waals surface area contributed by atoms with Crippen LogP contribution < -0.4 is 10.9 Å². The summed E-state index contributed by atoms with van der Waals surface area (Å²) in [6, 6.07) is -0.156. The molecule has 1 saturated heterocycles. The molecular formula is C9H17N3O4. The Morgan fingerprint density at radius 2 is 2.25 bits per heavy atom. The Hall–Kier alpha value is -1.18. The molecule has 92 valence electrons. The number of nitrogens with zero attached hydrogens (tertiary/aromatic N) is 1. The van der Waals surface area contributed by atoms with Crippen molar-refractivity contribution < 1.29 is 19.4 Å². The largest absolute Gasteiger partial charge is 0.395 e. The number of carbonyl (C=O) groups is 2. The minimum atomic E-state index is -0.325. The summed E-state index contributed by atoms with van der Waals surface area (Å²) in [5, 5.41) is 9.07. The van der Waals surface area contributed by atoms with Gasteiger partial charge in [0.2, 0.25) is 5.91 Å². The summed E-state index contributed by atoms with van der Waals surface area (Å²) in [7, 11) is 0. The van der Waals surface area contributed by atoms with Gasteiger partial charge in [-0.2, -0.15) is 0 Å². The van der Waals surface area contributed by atoms with Gasteiger partial charge in [0.1, 0.15) is 0 Å². The van der Waals surface area contributed by atoms with E-state index in [0.29, 0.717) is 19.8 Å². The van der Waals surface area contributed by atoms with Crippen LogP contribution in [0, 0.1) is 0 Å². The number of aliphatic hydroxyl groups is 1. The van der Waals surface area contributed by atoms with Crippen LogP contribution in [0.25, 0.3) is 0 Å². The lowest BCUT2D eigenvalue weighted by Crippen LogP contribution is -2.53. The van der Waals surface area contributed by atoms with Crippen LogP contribution in [0.1, 0.15) is 6.92 Å². The van der Waals surface area contributed by atoms with E-state index in [0.717, 1.165) is 0 Å². The molecule has 2 amide bonds. The Labute approximate surface area is 93.7 Å². The fourth-order valence-electron chi connectivity index (χ4n) is 1.45. The molecule has 0 saturated carbocycles. The summed E-state index contributed by atoms with van der Waals surface area (Å²) in [6.45, 7) is 2.96. The first-order chi connectivity index (χ1) is 7.63. The highest BCUT2D eigenvalue weighted by Gasteiger charge is 2.23. The van der Waals surface area contributed by atoms with Gasteiger partial charge in [-0.1, -0.05) is 0 Å². The second-order valence-electron chi connectivity index (χ2n) is 3.61. The summed E-state index contributed by atoms with van der Waals surface area (Å²) in [4.78, 5) is 23.8. The number of ether oxygens (including phenoxy) is 1. The average molecular weight is 231 g/mol. The van der Waals surface area contributed by atoms with Gasteiger partial charge in [0, 0.05) is 13.5 Å². The van der Waals surface area contributed by atoms with Gasteiger partial charge in [-0.3, -0.25) is 25.3 Å². The number of rotatable bonds is 3. The molecule has 0 bridgehead atoms. The van der Waals surface area contributed by atoms with Gasteiger partial charge in [0.25, 0.3) is 5.91 Å². The number of hydrogen-bond acceptors (Lipinski definition) is 5.